The minimum Gasteiger partial charge on any atom is -0.477 e. The minimum atomic E-state index is -1.38. The molecule has 2 aromatic carbocycles. The molecule has 0 aromatic heterocycles. The van der Waals surface area contributed by atoms with E-state index in [1.54, 1.807) is 18.2 Å². The minimum absolute atomic E-state index is 0.121. The third-order valence-electron chi connectivity index (χ3n) is 2.52. The average molecular weight is 373 g/mol. The second kappa shape index (κ2) is 6.11. The number of nitro benzene ring substituents is 1. The number of rotatable bonds is 4. The Morgan fingerprint density at radius 3 is 2.57 bits per heavy atom. The van der Waals surface area contributed by atoms with Gasteiger partial charge in [-0.2, -0.15) is 0 Å². The highest BCUT2D eigenvalue weighted by atomic mass is 79.9. The highest BCUT2D eigenvalue weighted by Gasteiger charge is 2.21. The number of aromatic carboxylic acids is 1. The molecule has 0 aliphatic heterocycles. The summed E-state index contributed by atoms with van der Waals surface area (Å²) in [6.07, 6.45) is 0. The number of carbonyl (C=O) groups is 1. The molecule has 0 saturated carbocycles. The van der Waals surface area contributed by atoms with Crippen LogP contribution in [0.2, 0.25) is 5.02 Å². The van der Waals surface area contributed by atoms with E-state index in [0.717, 1.165) is 16.6 Å². The molecule has 0 fully saturated rings. The Morgan fingerprint density at radius 2 is 2.00 bits per heavy atom. The Bertz CT molecular complexity index is 734. The van der Waals surface area contributed by atoms with Crippen molar-refractivity contribution in [1.29, 1.82) is 0 Å². The molecular formula is C13H7BrClNO5. The summed E-state index contributed by atoms with van der Waals surface area (Å²) < 4.78 is 6.20. The summed E-state index contributed by atoms with van der Waals surface area (Å²) in [5, 5.41) is 20.1. The Morgan fingerprint density at radius 1 is 1.29 bits per heavy atom. The van der Waals surface area contributed by atoms with Crippen LogP contribution in [0.1, 0.15) is 10.4 Å². The van der Waals surface area contributed by atoms with Crippen LogP contribution in [0.4, 0.5) is 5.69 Å². The molecule has 0 spiro atoms. The van der Waals surface area contributed by atoms with E-state index in [1.165, 1.54) is 6.07 Å². The molecule has 0 saturated heterocycles. The zero-order valence-electron chi connectivity index (χ0n) is 10.2. The standard InChI is InChI=1S/C13H7BrClNO5/c14-7-1-4-12(10(15)5-7)21-8-2-3-9(13(17)18)11(6-8)16(19)20/h1-6H,(H,17,18). The van der Waals surface area contributed by atoms with Crippen LogP contribution in [0.3, 0.4) is 0 Å². The van der Waals surface area contributed by atoms with Gasteiger partial charge in [-0.25, -0.2) is 4.79 Å². The lowest BCUT2D eigenvalue weighted by Gasteiger charge is -2.08. The van der Waals surface area contributed by atoms with E-state index in [0.29, 0.717) is 10.8 Å². The third kappa shape index (κ3) is 3.50. The molecule has 0 aliphatic rings. The number of carboxylic acids is 1. The number of hydrogen-bond donors (Lipinski definition) is 1. The number of ether oxygens (including phenoxy) is 1. The van der Waals surface area contributed by atoms with Crippen molar-refractivity contribution in [1.82, 2.24) is 0 Å². The molecule has 0 amide bonds. The first kappa shape index (κ1) is 15.3. The fraction of sp³-hybridized carbons (Fsp3) is 0. The van der Waals surface area contributed by atoms with Gasteiger partial charge < -0.3 is 9.84 Å². The van der Waals surface area contributed by atoms with Crippen molar-refractivity contribution < 1.29 is 19.6 Å². The monoisotopic (exact) mass is 371 g/mol. The van der Waals surface area contributed by atoms with Gasteiger partial charge in [-0.1, -0.05) is 27.5 Å². The second-order valence-electron chi connectivity index (χ2n) is 3.92. The summed E-state index contributed by atoms with van der Waals surface area (Å²) in [5.74, 6) is -0.955. The lowest BCUT2D eigenvalue weighted by Crippen LogP contribution is -2.02. The summed E-state index contributed by atoms with van der Waals surface area (Å²) >= 11 is 9.22. The van der Waals surface area contributed by atoms with Crippen LogP contribution >= 0.6 is 27.5 Å². The maximum absolute atomic E-state index is 10.9. The normalized spacial score (nSPS) is 10.2. The van der Waals surface area contributed by atoms with Gasteiger partial charge in [0, 0.05) is 4.47 Å². The fourth-order valence-corrected chi connectivity index (χ4v) is 2.30. The Hall–Kier alpha value is -2.12. The van der Waals surface area contributed by atoms with Gasteiger partial charge in [0.2, 0.25) is 0 Å². The first-order valence-electron chi connectivity index (χ1n) is 5.53. The molecule has 0 radical (unpaired) electrons. The zero-order valence-corrected chi connectivity index (χ0v) is 12.6. The van der Waals surface area contributed by atoms with Crippen LogP contribution in [0.15, 0.2) is 40.9 Å². The third-order valence-corrected chi connectivity index (χ3v) is 3.31. The first-order chi connectivity index (χ1) is 9.88. The largest absolute Gasteiger partial charge is 0.477 e. The van der Waals surface area contributed by atoms with Gasteiger partial charge in [0.25, 0.3) is 5.69 Å². The SMILES string of the molecule is O=C(O)c1ccc(Oc2ccc(Br)cc2Cl)cc1[N+](=O)[O-]. The van der Waals surface area contributed by atoms with Crippen molar-refractivity contribution in [2.45, 2.75) is 0 Å². The summed E-state index contributed by atoms with van der Waals surface area (Å²) in [6, 6.07) is 8.38. The second-order valence-corrected chi connectivity index (χ2v) is 5.24. The summed E-state index contributed by atoms with van der Waals surface area (Å²) in [6.45, 7) is 0. The molecule has 2 aromatic rings. The number of hydrogen-bond acceptors (Lipinski definition) is 4. The van der Waals surface area contributed by atoms with E-state index >= 15 is 0 Å². The molecular weight excluding hydrogens is 366 g/mol. The van der Waals surface area contributed by atoms with Gasteiger partial charge in [0.15, 0.2) is 0 Å². The van der Waals surface area contributed by atoms with Crippen LogP contribution in [-0.2, 0) is 0 Å². The van der Waals surface area contributed by atoms with E-state index in [9.17, 15) is 14.9 Å². The summed E-state index contributed by atoms with van der Waals surface area (Å²) in [7, 11) is 0. The van der Waals surface area contributed by atoms with Crippen molar-refractivity contribution in [2.24, 2.45) is 0 Å². The van der Waals surface area contributed by atoms with Crippen molar-refractivity contribution >= 4 is 39.2 Å². The number of nitro groups is 1. The summed E-state index contributed by atoms with van der Waals surface area (Å²) in [5.41, 5.74) is -0.956. The molecule has 0 bridgehead atoms. The van der Waals surface area contributed by atoms with Gasteiger partial charge >= 0.3 is 5.97 Å². The van der Waals surface area contributed by atoms with E-state index in [4.69, 9.17) is 21.4 Å². The van der Waals surface area contributed by atoms with Crippen LogP contribution in [-0.4, -0.2) is 16.0 Å². The molecule has 0 atom stereocenters. The highest BCUT2D eigenvalue weighted by molar-refractivity contribution is 9.10. The number of nitrogens with zero attached hydrogens (tertiary/aromatic N) is 1. The molecule has 2 rings (SSSR count). The van der Waals surface area contributed by atoms with Gasteiger partial charge in [0.1, 0.15) is 17.1 Å². The smallest absolute Gasteiger partial charge is 0.342 e. The van der Waals surface area contributed by atoms with E-state index in [-0.39, 0.29) is 5.75 Å². The molecule has 21 heavy (non-hydrogen) atoms. The lowest BCUT2D eigenvalue weighted by molar-refractivity contribution is -0.385. The van der Waals surface area contributed by atoms with Crippen molar-refractivity contribution in [3.8, 4) is 11.5 Å². The van der Waals surface area contributed by atoms with Crippen LogP contribution in [0.25, 0.3) is 0 Å². The predicted molar refractivity (Wildman–Crippen MR) is 79.3 cm³/mol. The molecule has 0 unspecified atom stereocenters. The lowest BCUT2D eigenvalue weighted by atomic mass is 10.1. The van der Waals surface area contributed by atoms with Gasteiger partial charge in [-0.15, -0.1) is 0 Å². The highest BCUT2D eigenvalue weighted by Crippen LogP contribution is 2.33. The van der Waals surface area contributed by atoms with E-state index in [1.807, 2.05) is 0 Å². The quantitative estimate of drug-likeness (QED) is 0.630. The molecule has 6 nitrogen and oxygen atoms in total. The van der Waals surface area contributed by atoms with Gasteiger partial charge in [0.05, 0.1) is 16.0 Å². The number of halogens is 2. The number of benzene rings is 2. The zero-order chi connectivity index (χ0) is 15.6. The Labute approximate surface area is 132 Å². The Balaban J connectivity index is 2.39. The van der Waals surface area contributed by atoms with E-state index < -0.39 is 22.1 Å². The van der Waals surface area contributed by atoms with Crippen molar-refractivity contribution in [3.63, 3.8) is 0 Å². The van der Waals surface area contributed by atoms with Crippen LogP contribution in [0, 0.1) is 10.1 Å². The Kier molecular flexibility index (Phi) is 4.44. The fourth-order valence-electron chi connectivity index (χ4n) is 1.59. The van der Waals surface area contributed by atoms with Gasteiger partial charge in [-0.05, 0) is 30.3 Å². The molecule has 8 heteroatoms. The average Bonchev–Trinajstić information content (AvgIpc) is 2.41. The van der Waals surface area contributed by atoms with E-state index in [2.05, 4.69) is 15.9 Å². The molecule has 108 valence electrons. The van der Waals surface area contributed by atoms with Crippen molar-refractivity contribution in [3.05, 3.63) is 61.6 Å². The van der Waals surface area contributed by atoms with Crippen LogP contribution < -0.4 is 4.74 Å². The summed E-state index contributed by atoms with van der Waals surface area (Å²) in [4.78, 5) is 21.0. The molecule has 0 heterocycles. The topological polar surface area (TPSA) is 89.7 Å². The predicted octanol–water partition coefficient (Wildman–Crippen LogP) is 4.50. The first-order valence-corrected chi connectivity index (χ1v) is 6.70. The van der Waals surface area contributed by atoms with Crippen LogP contribution in [0.5, 0.6) is 11.5 Å². The maximum Gasteiger partial charge on any atom is 0.342 e. The molecule has 0 aliphatic carbocycles. The van der Waals surface area contributed by atoms with Crippen molar-refractivity contribution in [2.75, 3.05) is 0 Å². The molecule has 1 N–H and O–H groups in total. The van der Waals surface area contributed by atoms with Gasteiger partial charge in [-0.3, -0.25) is 10.1 Å². The number of carboxylic acid groups (broad SMARTS) is 1. The maximum atomic E-state index is 10.9.